The Bertz CT molecular complexity index is 810. The SMILES string of the molecule is CN[C@@H](C)C(=O)NC(C(=O)N1CCCC[C@H]2CCN(CCc3ccccc3)C[C@H]21)C1CCCCC1. The molecular formula is C29H46N4O2. The van der Waals surface area contributed by atoms with E-state index in [-0.39, 0.29) is 29.8 Å². The Balaban J connectivity index is 1.48. The van der Waals surface area contributed by atoms with Gasteiger partial charge in [0.15, 0.2) is 0 Å². The second-order valence-corrected chi connectivity index (χ2v) is 11.1. The Labute approximate surface area is 212 Å². The maximum atomic E-state index is 14.2. The van der Waals surface area contributed by atoms with Crippen molar-refractivity contribution >= 4 is 11.8 Å². The molecule has 0 radical (unpaired) electrons. The third kappa shape index (κ3) is 6.85. The van der Waals surface area contributed by atoms with E-state index in [9.17, 15) is 9.59 Å². The molecule has 2 heterocycles. The molecule has 1 aromatic rings. The molecule has 6 heteroatoms. The number of rotatable bonds is 8. The number of fused-ring (bicyclic) bond motifs is 1. The molecule has 4 atom stereocenters. The maximum Gasteiger partial charge on any atom is 0.245 e. The van der Waals surface area contributed by atoms with Crippen molar-refractivity contribution in [1.82, 2.24) is 20.4 Å². The van der Waals surface area contributed by atoms with Crippen LogP contribution in [0.1, 0.15) is 70.3 Å². The molecule has 2 amide bonds. The van der Waals surface area contributed by atoms with E-state index in [1.165, 1.54) is 31.2 Å². The van der Waals surface area contributed by atoms with Gasteiger partial charge in [-0.25, -0.2) is 0 Å². The number of carbonyl (C=O) groups is 2. The van der Waals surface area contributed by atoms with Crippen LogP contribution in [0.2, 0.25) is 0 Å². The van der Waals surface area contributed by atoms with Crippen LogP contribution in [-0.2, 0) is 16.0 Å². The summed E-state index contributed by atoms with van der Waals surface area (Å²) in [5.41, 5.74) is 1.38. The Morgan fingerprint density at radius 3 is 2.46 bits per heavy atom. The molecule has 35 heavy (non-hydrogen) atoms. The largest absolute Gasteiger partial charge is 0.343 e. The first-order valence-corrected chi connectivity index (χ1v) is 14.1. The summed E-state index contributed by atoms with van der Waals surface area (Å²) >= 11 is 0. The topological polar surface area (TPSA) is 64.7 Å². The number of piperidine rings is 1. The van der Waals surface area contributed by atoms with E-state index in [0.29, 0.717) is 5.92 Å². The normalized spacial score (nSPS) is 25.8. The summed E-state index contributed by atoms with van der Waals surface area (Å²) in [7, 11) is 1.80. The van der Waals surface area contributed by atoms with Gasteiger partial charge in [-0.1, -0.05) is 56.0 Å². The number of likely N-dealkylation sites (tertiary alicyclic amines) is 2. The van der Waals surface area contributed by atoms with Gasteiger partial charge in [0.05, 0.1) is 6.04 Å². The smallest absolute Gasteiger partial charge is 0.245 e. The standard InChI is InChI=1S/C29H46N4O2/c1-22(30-2)28(34)31-27(25-14-7-4-8-15-25)29(35)33-18-10-9-13-24-17-20-32(21-26(24)33)19-16-23-11-5-3-6-12-23/h3,5-6,11-12,22,24-27,30H,4,7-10,13-21H2,1-2H3,(H,31,34)/t22-,24-,26+,27?/m0/s1. The van der Waals surface area contributed by atoms with Gasteiger partial charge < -0.3 is 20.4 Å². The highest BCUT2D eigenvalue weighted by atomic mass is 16.2. The fourth-order valence-corrected chi connectivity index (χ4v) is 6.44. The summed E-state index contributed by atoms with van der Waals surface area (Å²) in [5.74, 6) is 0.948. The number of amides is 2. The van der Waals surface area contributed by atoms with Crippen LogP contribution in [0.4, 0.5) is 0 Å². The van der Waals surface area contributed by atoms with Gasteiger partial charge in [0.2, 0.25) is 11.8 Å². The summed E-state index contributed by atoms with van der Waals surface area (Å²) in [5, 5.41) is 6.24. The van der Waals surface area contributed by atoms with Gasteiger partial charge in [0.1, 0.15) is 6.04 Å². The Kier molecular flexibility index (Phi) is 9.61. The number of nitrogens with one attached hydrogen (secondary N) is 2. The van der Waals surface area contributed by atoms with Crippen molar-refractivity contribution in [2.75, 3.05) is 33.2 Å². The molecule has 2 aliphatic heterocycles. The Morgan fingerprint density at radius 2 is 1.71 bits per heavy atom. The third-order valence-electron chi connectivity index (χ3n) is 8.78. The first kappa shape index (κ1) is 26.2. The molecule has 1 unspecified atom stereocenters. The van der Waals surface area contributed by atoms with Crippen LogP contribution in [0.3, 0.4) is 0 Å². The lowest BCUT2D eigenvalue weighted by molar-refractivity contribution is -0.142. The Hall–Kier alpha value is -1.92. The van der Waals surface area contributed by atoms with Crippen molar-refractivity contribution in [3.63, 3.8) is 0 Å². The summed E-state index contributed by atoms with van der Waals surface area (Å²) in [6.45, 7) is 5.82. The summed E-state index contributed by atoms with van der Waals surface area (Å²) < 4.78 is 0. The van der Waals surface area contributed by atoms with Crippen molar-refractivity contribution in [1.29, 1.82) is 0 Å². The van der Waals surface area contributed by atoms with Crippen LogP contribution in [0.5, 0.6) is 0 Å². The van der Waals surface area contributed by atoms with Crippen LogP contribution >= 0.6 is 0 Å². The molecule has 1 saturated carbocycles. The van der Waals surface area contributed by atoms with Crippen molar-refractivity contribution in [3.05, 3.63) is 35.9 Å². The van der Waals surface area contributed by atoms with Gasteiger partial charge >= 0.3 is 0 Å². The fraction of sp³-hybridized carbons (Fsp3) is 0.724. The molecule has 0 spiro atoms. The molecule has 1 aromatic carbocycles. The van der Waals surface area contributed by atoms with Gasteiger partial charge in [-0.3, -0.25) is 9.59 Å². The molecule has 2 N–H and O–H groups in total. The van der Waals surface area contributed by atoms with E-state index < -0.39 is 6.04 Å². The summed E-state index contributed by atoms with van der Waals surface area (Å²) in [6.07, 6.45) is 11.3. The zero-order valence-corrected chi connectivity index (χ0v) is 21.9. The van der Waals surface area contributed by atoms with Crippen LogP contribution in [0, 0.1) is 11.8 Å². The van der Waals surface area contributed by atoms with Gasteiger partial charge in [-0.05, 0) is 76.4 Å². The number of hydrogen-bond donors (Lipinski definition) is 2. The number of carbonyl (C=O) groups excluding carboxylic acids is 2. The van der Waals surface area contributed by atoms with Crippen LogP contribution in [0.15, 0.2) is 30.3 Å². The van der Waals surface area contributed by atoms with Gasteiger partial charge in [0.25, 0.3) is 0 Å². The van der Waals surface area contributed by atoms with E-state index in [1.807, 2.05) is 6.92 Å². The molecule has 3 aliphatic rings. The van der Waals surface area contributed by atoms with E-state index in [1.54, 1.807) is 7.05 Å². The number of nitrogens with zero attached hydrogens (tertiary/aromatic N) is 2. The molecule has 6 nitrogen and oxygen atoms in total. The summed E-state index contributed by atoms with van der Waals surface area (Å²) in [6, 6.07) is 10.3. The minimum absolute atomic E-state index is 0.0593. The molecule has 2 saturated heterocycles. The van der Waals surface area contributed by atoms with E-state index >= 15 is 0 Å². The molecule has 1 aliphatic carbocycles. The first-order chi connectivity index (χ1) is 17.1. The molecule has 0 bridgehead atoms. The average Bonchev–Trinajstić information content (AvgIpc) is 3.12. The highest BCUT2D eigenvalue weighted by Crippen LogP contribution is 2.33. The monoisotopic (exact) mass is 482 g/mol. The minimum Gasteiger partial charge on any atom is -0.343 e. The lowest BCUT2D eigenvalue weighted by Crippen LogP contribution is -2.61. The molecule has 4 rings (SSSR count). The van der Waals surface area contributed by atoms with Gasteiger partial charge in [0, 0.05) is 25.7 Å². The number of likely N-dealkylation sites (N-methyl/N-ethyl adjacent to an activating group) is 1. The van der Waals surface area contributed by atoms with Crippen LogP contribution in [0.25, 0.3) is 0 Å². The predicted octanol–water partition coefficient (Wildman–Crippen LogP) is 3.61. The molecule has 194 valence electrons. The Morgan fingerprint density at radius 1 is 0.971 bits per heavy atom. The fourth-order valence-electron chi connectivity index (χ4n) is 6.44. The van der Waals surface area contributed by atoms with Gasteiger partial charge in [-0.2, -0.15) is 0 Å². The first-order valence-electron chi connectivity index (χ1n) is 14.1. The molecule has 3 fully saturated rings. The average molecular weight is 483 g/mol. The third-order valence-corrected chi connectivity index (χ3v) is 8.78. The van der Waals surface area contributed by atoms with E-state index in [0.717, 1.165) is 64.7 Å². The second-order valence-electron chi connectivity index (χ2n) is 11.1. The number of hydrogen-bond acceptors (Lipinski definition) is 4. The van der Waals surface area contributed by atoms with Crippen LogP contribution in [-0.4, -0.2) is 73.0 Å². The lowest BCUT2D eigenvalue weighted by Gasteiger charge is -2.45. The predicted molar refractivity (Wildman–Crippen MR) is 141 cm³/mol. The maximum absolute atomic E-state index is 14.2. The summed E-state index contributed by atoms with van der Waals surface area (Å²) in [4.78, 5) is 31.9. The van der Waals surface area contributed by atoms with Crippen LogP contribution < -0.4 is 10.6 Å². The quantitative estimate of drug-likeness (QED) is 0.594. The van der Waals surface area contributed by atoms with Crippen molar-refractivity contribution in [3.8, 4) is 0 Å². The number of benzene rings is 1. The van der Waals surface area contributed by atoms with Crippen molar-refractivity contribution in [2.45, 2.75) is 89.3 Å². The van der Waals surface area contributed by atoms with Crippen molar-refractivity contribution in [2.24, 2.45) is 11.8 Å². The minimum atomic E-state index is -0.392. The zero-order valence-electron chi connectivity index (χ0n) is 21.9. The van der Waals surface area contributed by atoms with E-state index in [4.69, 9.17) is 0 Å². The van der Waals surface area contributed by atoms with Gasteiger partial charge in [-0.15, -0.1) is 0 Å². The zero-order chi connectivity index (χ0) is 24.6. The van der Waals surface area contributed by atoms with Crippen molar-refractivity contribution < 1.29 is 9.59 Å². The van der Waals surface area contributed by atoms with E-state index in [2.05, 4.69) is 50.8 Å². The highest BCUT2D eigenvalue weighted by Gasteiger charge is 2.41. The second kappa shape index (κ2) is 12.9. The highest BCUT2D eigenvalue weighted by molar-refractivity contribution is 5.90. The lowest BCUT2D eigenvalue weighted by atomic mass is 9.82. The molecular weight excluding hydrogens is 436 g/mol. The molecule has 0 aromatic heterocycles.